The Morgan fingerprint density at radius 2 is 1.55 bits per heavy atom. The van der Waals surface area contributed by atoms with Gasteiger partial charge in [0, 0.05) is 30.0 Å². The lowest BCUT2D eigenvalue weighted by Gasteiger charge is -2.26. The topological polar surface area (TPSA) is 32.3 Å². The molecule has 31 heavy (non-hydrogen) atoms. The molecule has 0 aliphatic carbocycles. The fraction of sp³-hybridized carbons (Fsp3) is 0.321. The first-order chi connectivity index (χ1) is 14.8. The molecule has 1 amide bonds. The third-order valence-electron chi connectivity index (χ3n) is 6.34. The number of benzene rings is 3. The van der Waals surface area contributed by atoms with Crippen molar-refractivity contribution in [3.8, 4) is 11.1 Å². The van der Waals surface area contributed by atoms with Gasteiger partial charge in [0.1, 0.15) is 0 Å². The fourth-order valence-electron chi connectivity index (χ4n) is 4.89. The van der Waals surface area contributed by atoms with Crippen LogP contribution in [0.2, 0.25) is 0 Å². The van der Waals surface area contributed by atoms with Gasteiger partial charge >= 0.3 is 0 Å². The summed E-state index contributed by atoms with van der Waals surface area (Å²) in [6.07, 6.45) is 2.47. The molecule has 0 aromatic heterocycles. The molecule has 1 aliphatic rings. The molecule has 3 aromatic carbocycles. The van der Waals surface area contributed by atoms with Crippen LogP contribution < -0.4 is 10.2 Å². The van der Waals surface area contributed by atoms with Gasteiger partial charge in [0.05, 0.1) is 0 Å². The summed E-state index contributed by atoms with van der Waals surface area (Å²) < 4.78 is 0. The van der Waals surface area contributed by atoms with Gasteiger partial charge in [0.15, 0.2) is 0 Å². The van der Waals surface area contributed by atoms with E-state index in [4.69, 9.17) is 0 Å². The first-order valence-corrected chi connectivity index (χ1v) is 11.2. The molecule has 0 saturated carbocycles. The van der Waals surface area contributed by atoms with E-state index >= 15 is 0 Å². The largest absolute Gasteiger partial charge is 0.371 e. The zero-order valence-corrected chi connectivity index (χ0v) is 19.3. The van der Waals surface area contributed by atoms with Crippen molar-refractivity contribution in [2.75, 3.05) is 23.3 Å². The summed E-state index contributed by atoms with van der Waals surface area (Å²) in [4.78, 5) is 16.0. The van der Waals surface area contributed by atoms with E-state index in [1.165, 1.54) is 29.7 Å². The third-order valence-corrected chi connectivity index (χ3v) is 6.34. The van der Waals surface area contributed by atoms with Crippen LogP contribution in [-0.4, -0.2) is 19.0 Å². The standard InChI is InChI=1S/C28H32N2O/c1-18-9-8-10-23(15-18)24-12-11-19(2)16-25(24)28(31)29-26-20(3)17-21(4)27(22(26)5)30-13-6-7-14-30/h8-12,15-17H,6-7,13-14H2,1-5H3,(H,29,31). The first kappa shape index (κ1) is 21.2. The Morgan fingerprint density at radius 3 is 2.26 bits per heavy atom. The number of nitrogens with one attached hydrogen (secondary N) is 1. The molecular formula is C28H32N2O. The molecule has 0 atom stereocenters. The lowest BCUT2D eigenvalue weighted by molar-refractivity contribution is 0.102. The van der Waals surface area contributed by atoms with E-state index in [0.29, 0.717) is 5.56 Å². The number of anilines is 2. The van der Waals surface area contributed by atoms with Crippen LogP contribution >= 0.6 is 0 Å². The van der Waals surface area contributed by atoms with Crippen LogP contribution in [0.1, 0.15) is 51.0 Å². The Labute approximate surface area is 186 Å². The molecule has 4 rings (SSSR count). The van der Waals surface area contributed by atoms with E-state index in [1.807, 2.05) is 19.1 Å². The van der Waals surface area contributed by atoms with Crippen molar-refractivity contribution in [3.63, 3.8) is 0 Å². The van der Waals surface area contributed by atoms with Crippen molar-refractivity contribution in [3.05, 3.63) is 81.9 Å². The molecule has 1 aliphatic heterocycles. The molecule has 1 heterocycles. The zero-order valence-electron chi connectivity index (χ0n) is 19.3. The molecule has 3 heteroatoms. The Morgan fingerprint density at radius 1 is 0.839 bits per heavy atom. The summed E-state index contributed by atoms with van der Waals surface area (Å²) in [6, 6.07) is 16.7. The number of rotatable bonds is 4. The number of amides is 1. The molecule has 3 aromatic rings. The molecule has 1 N–H and O–H groups in total. The van der Waals surface area contributed by atoms with Gasteiger partial charge in [-0.3, -0.25) is 4.79 Å². The van der Waals surface area contributed by atoms with E-state index in [0.717, 1.165) is 46.6 Å². The average molecular weight is 413 g/mol. The maximum atomic E-state index is 13.5. The lowest BCUT2D eigenvalue weighted by atomic mass is 9.95. The second kappa shape index (κ2) is 8.58. The van der Waals surface area contributed by atoms with Gasteiger partial charge in [-0.25, -0.2) is 0 Å². The number of aryl methyl sites for hydroxylation is 4. The number of nitrogens with zero attached hydrogens (tertiary/aromatic N) is 1. The second-order valence-corrected chi connectivity index (χ2v) is 8.93. The smallest absolute Gasteiger partial charge is 0.256 e. The molecule has 0 unspecified atom stereocenters. The normalized spacial score (nSPS) is 13.5. The minimum absolute atomic E-state index is 0.0531. The number of hydrogen-bond donors (Lipinski definition) is 1. The minimum atomic E-state index is -0.0531. The van der Waals surface area contributed by atoms with Crippen LogP contribution in [0.25, 0.3) is 11.1 Å². The van der Waals surface area contributed by atoms with Crippen LogP contribution in [0.4, 0.5) is 11.4 Å². The zero-order chi connectivity index (χ0) is 22.1. The van der Waals surface area contributed by atoms with Gasteiger partial charge in [-0.2, -0.15) is 0 Å². The van der Waals surface area contributed by atoms with E-state index in [9.17, 15) is 4.79 Å². The SMILES string of the molecule is Cc1cccc(-c2ccc(C)cc2C(=O)Nc2c(C)cc(C)c(N3CCCC3)c2C)c1. The molecule has 0 spiro atoms. The maximum absolute atomic E-state index is 13.5. The van der Waals surface area contributed by atoms with Gasteiger partial charge in [-0.15, -0.1) is 0 Å². The summed E-state index contributed by atoms with van der Waals surface area (Å²) in [5, 5.41) is 3.27. The Kier molecular flexibility index (Phi) is 5.86. The Bertz CT molecular complexity index is 1140. The first-order valence-electron chi connectivity index (χ1n) is 11.2. The van der Waals surface area contributed by atoms with Gasteiger partial charge in [0.25, 0.3) is 5.91 Å². The van der Waals surface area contributed by atoms with Crippen LogP contribution in [0.15, 0.2) is 48.5 Å². The predicted molar refractivity (Wildman–Crippen MR) is 131 cm³/mol. The molecule has 1 fully saturated rings. The van der Waals surface area contributed by atoms with Crippen molar-refractivity contribution in [1.82, 2.24) is 0 Å². The average Bonchev–Trinajstić information content (AvgIpc) is 3.25. The van der Waals surface area contributed by atoms with Gasteiger partial charge < -0.3 is 10.2 Å². The number of carbonyl (C=O) groups is 1. The van der Waals surface area contributed by atoms with Crippen LogP contribution in [0.3, 0.4) is 0 Å². The molecular weight excluding hydrogens is 380 g/mol. The highest BCUT2D eigenvalue weighted by Gasteiger charge is 2.22. The highest BCUT2D eigenvalue weighted by molar-refractivity contribution is 6.09. The fourth-order valence-corrected chi connectivity index (χ4v) is 4.89. The molecule has 0 radical (unpaired) electrons. The lowest BCUT2D eigenvalue weighted by Crippen LogP contribution is -2.22. The van der Waals surface area contributed by atoms with Crippen molar-refractivity contribution < 1.29 is 4.79 Å². The van der Waals surface area contributed by atoms with Crippen molar-refractivity contribution in [2.45, 2.75) is 47.5 Å². The quantitative estimate of drug-likeness (QED) is 0.514. The third kappa shape index (κ3) is 4.23. The Balaban J connectivity index is 1.74. The van der Waals surface area contributed by atoms with Gasteiger partial charge in [-0.1, -0.05) is 53.6 Å². The van der Waals surface area contributed by atoms with Crippen molar-refractivity contribution >= 4 is 17.3 Å². The summed E-state index contributed by atoms with van der Waals surface area (Å²) >= 11 is 0. The highest BCUT2D eigenvalue weighted by atomic mass is 16.1. The monoisotopic (exact) mass is 412 g/mol. The minimum Gasteiger partial charge on any atom is -0.371 e. The summed E-state index contributed by atoms with van der Waals surface area (Å²) in [7, 11) is 0. The van der Waals surface area contributed by atoms with E-state index < -0.39 is 0 Å². The predicted octanol–water partition coefficient (Wildman–Crippen LogP) is 6.75. The summed E-state index contributed by atoms with van der Waals surface area (Å²) in [6.45, 7) is 12.7. The van der Waals surface area contributed by atoms with Crippen molar-refractivity contribution in [1.29, 1.82) is 0 Å². The van der Waals surface area contributed by atoms with Crippen molar-refractivity contribution in [2.24, 2.45) is 0 Å². The molecule has 0 bridgehead atoms. The van der Waals surface area contributed by atoms with Gasteiger partial charge in [-0.05, 0) is 81.3 Å². The Hall–Kier alpha value is -3.07. The van der Waals surface area contributed by atoms with E-state index in [-0.39, 0.29) is 5.91 Å². The summed E-state index contributed by atoms with van der Waals surface area (Å²) in [5.41, 5.74) is 10.8. The molecule has 160 valence electrons. The van der Waals surface area contributed by atoms with Gasteiger partial charge in [0.2, 0.25) is 0 Å². The highest BCUT2D eigenvalue weighted by Crippen LogP contribution is 2.36. The second-order valence-electron chi connectivity index (χ2n) is 8.93. The van der Waals surface area contributed by atoms with Crippen LogP contribution in [-0.2, 0) is 0 Å². The number of carbonyl (C=O) groups excluding carboxylic acids is 1. The van der Waals surface area contributed by atoms with Crippen LogP contribution in [0, 0.1) is 34.6 Å². The molecule has 3 nitrogen and oxygen atoms in total. The number of hydrogen-bond acceptors (Lipinski definition) is 2. The molecule has 1 saturated heterocycles. The van der Waals surface area contributed by atoms with E-state index in [2.05, 4.69) is 74.3 Å². The van der Waals surface area contributed by atoms with Crippen LogP contribution in [0.5, 0.6) is 0 Å². The summed E-state index contributed by atoms with van der Waals surface area (Å²) in [5.74, 6) is -0.0531. The maximum Gasteiger partial charge on any atom is 0.256 e. The van der Waals surface area contributed by atoms with E-state index in [1.54, 1.807) is 0 Å².